The fourth-order valence-electron chi connectivity index (χ4n) is 3.10. The summed E-state index contributed by atoms with van der Waals surface area (Å²) in [5.74, 6) is 0.581. The van der Waals surface area contributed by atoms with Gasteiger partial charge < -0.3 is 20.1 Å². The molecule has 0 spiro atoms. The van der Waals surface area contributed by atoms with Gasteiger partial charge in [0.15, 0.2) is 10.9 Å². The molecule has 0 radical (unpaired) electrons. The average molecular weight is 441 g/mol. The number of hydrogen-bond donors (Lipinski definition) is 2. The lowest BCUT2D eigenvalue weighted by Gasteiger charge is -2.14. The van der Waals surface area contributed by atoms with Crippen LogP contribution in [0.4, 0.5) is 11.5 Å². The van der Waals surface area contributed by atoms with Crippen LogP contribution in [0, 0.1) is 6.92 Å². The molecule has 2 aromatic heterocycles. The van der Waals surface area contributed by atoms with Gasteiger partial charge >= 0.3 is 5.97 Å². The van der Waals surface area contributed by atoms with E-state index in [-0.39, 0.29) is 6.42 Å². The molecule has 0 unspecified atom stereocenters. The lowest BCUT2D eigenvalue weighted by atomic mass is 10.1. The summed E-state index contributed by atoms with van der Waals surface area (Å²) in [5.41, 5.74) is 3.60. The molecule has 0 saturated carbocycles. The number of carbonyl (C=O) groups is 1. The first kappa shape index (κ1) is 22.7. The fraction of sp³-hybridized carbons (Fsp3) is 0.348. The first-order chi connectivity index (χ1) is 14.9. The van der Waals surface area contributed by atoms with E-state index in [1.165, 1.54) is 11.3 Å². The van der Waals surface area contributed by atoms with Crippen molar-refractivity contribution >= 4 is 28.8 Å². The summed E-state index contributed by atoms with van der Waals surface area (Å²) < 4.78 is 5.82. The van der Waals surface area contributed by atoms with Crippen LogP contribution >= 0.6 is 11.3 Å². The molecule has 2 heterocycles. The number of nitrogens with zero attached hydrogens (tertiary/aromatic N) is 3. The lowest BCUT2D eigenvalue weighted by molar-refractivity contribution is -0.136. The maximum Gasteiger partial charge on any atom is 0.307 e. The normalized spacial score (nSPS) is 11.0. The van der Waals surface area contributed by atoms with Crippen molar-refractivity contribution in [1.82, 2.24) is 14.9 Å². The van der Waals surface area contributed by atoms with Gasteiger partial charge in [0.25, 0.3) is 0 Å². The zero-order valence-electron chi connectivity index (χ0n) is 18.3. The number of rotatable bonds is 10. The Morgan fingerprint density at radius 1 is 1.16 bits per heavy atom. The van der Waals surface area contributed by atoms with Crippen LogP contribution in [0.15, 0.2) is 36.4 Å². The largest absolute Gasteiger partial charge is 0.483 e. The third-order valence-corrected chi connectivity index (χ3v) is 5.72. The van der Waals surface area contributed by atoms with Crippen molar-refractivity contribution in [3.63, 3.8) is 0 Å². The number of aliphatic carboxylic acids is 1. The maximum atomic E-state index is 10.9. The van der Waals surface area contributed by atoms with E-state index in [1.807, 2.05) is 57.4 Å². The van der Waals surface area contributed by atoms with E-state index >= 15 is 0 Å². The van der Waals surface area contributed by atoms with Crippen molar-refractivity contribution in [2.45, 2.75) is 26.7 Å². The van der Waals surface area contributed by atoms with Crippen molar-refractivity contribution < 1.29 is 14.6 Å². The lowest BCUT2D eigenvalue weighted by Crippen LogP contribution is -2.19. The van der Waals surface area contributed by atoms with E-state index in [4.69, 9.17) is 19.8 Å². The first-order valence-electron chi connectivity index (χ1n) is 10.2. The molecule has 0 atom stereocenters. The minimum atomic E-state index is -0.842. The second kappa shape index (κ2) is 10.4. The van der Waals surface area contributed by atoms with Crippen molar-refractivity contribution in [2.75, 3.05) is 32.6 Å². The highest BCUT2D eigenvalue weighted by Crippen LogP contribution is 2.33. The summed E-state index contributed by atoms with van der Waals surface area (Å²) in [4.78, 5) is 23.4. The third-order valence-electron chi connectivity index (χ3n) is 4.72. The number of aryl methyl sites for hydroxylation is 1. The second-order valence-corrected chi connectivity index (χ2v) is 8.52. The highest BCUT2D eigenvalue weighted by Gasteiger charge is 2.14. The van der Waals surface area contributed by atoms with E-state index in [1.54, 1.807) is 0 Å². The van der Waals surface area contributed by atoms with Crippen molar-refractivity contribution in [2.24, 2.45) is 0 Å². The topological polar surface area (TPSA) is 87.6 Å². The number of carboxylic acids is 1. The first-order valence-corrected chi connectivity index (χ1v) is 11.0. The zero-order valence-corrected chi connectivity index (χ0v) is 19.1. The predicted octanol–water partition coefficient (Wildman–Crippen LogP) is 4.39. The Balaban J connectivity index is 1.81. The smallest absolute Gasteiger partial charge is 0.307 e. The van der Waals surface area contributed by atoms with Crippen molar-refractivity contribution in [1.29, 1.82) is 0 Å². The summed E-state index contributed by atoms with van der Waals surface area (Å²) >= 11 is 1.53. The molecule has 3 aromatic rings. The molecule has 0 saturated heterocycles. The SMILES string of the molecule is CCc1c(C)nc(-c2ccc(OCCN(C)C)s2)nc1Nc1ccc(CC(=O)O)cc1. The quantitative estimate of drug-likeness (QED) is 0.483. The molecule has 0 bridgehead atoms. The van der Waals surface area contributed by atoms with E-state index in [2.05, 4.69) is 17.1 Å². The predicted molar refractivity (Wildman–Crippen MR) is 125 cm³/mol. The van der Waals surface area contributed by atoms with Gasteiger partial charge in [-0.05, 0) is 57.3 Å². The van der Waals surface area contributed by atoms with Gasteiger partial charge in [-0.1, -0.05) is 30.4 Å². The zero-order chi connectivity index (χ0) is 22.4. The Bertz CT molecular complexity index is 1030. The maximum absolute atomic E-state index is 10.9. The van der Waals surface area contributed by atoms with E-state index in [0.717, 1.165) is 51.2 Å². The van der Waals surface area contributed by atoms with Crippen LogP contribution in [-0.2, 0) is 17.6 Å². The van der Waals surface area contributed by atoms with Gasteiger partial charge in [-0.3, -0.25) is 4.79 Å². The Morgan fingerprint density at radius 2 is 1.90 bits per heavy atom. The Labute approximate surface area is 186 Å². The highest BCUT2D eigenvalue weighted by molar-refractivity contribution is 7.17. The van der Waals surface area contributed by atoms with Crippen LogP contribution in [0.5, 0.6) is 5.06 Å². The van der Waals surface area contributed by atoms with E-state index in [0.29, 0.717) is 12.4 Å². The molecule has 0 amide bonds. The van der Waals surface area contributed by atoms with Crippen LogP contribution in [0.3, 0.4) is 0 Å². The van der Waals surface area contributed by atoms with Gasteiger partial charge in [-0.2, -0.15) is 0 Å². The monoisotopic (exact) mass is 440 g/mol. The van der Waals surface area contributed by atoms with Gasteiger partial charge in [-0.15, -0.1) is 0 Å². The molecular formula is C23H28N4O3S. The summed E-state index contributed by atoms with van der Waals surface area (Å²) in [6.07, 6.45) is 0.809. The molecule has 8 heteroatoms. The molecule has 0 aliphatic carbocycles. The third kappa shape index (κ3) is 6.26. The Kier molecular flexibility index (Phi) is 7.59. The van der Waals surface area contributed by atoms with E-state index in [9.17, 15) is 4.79 Å². The van der Waals surface area contributed by atoms with Crippen molar-refractivity contribution in [3.8, 4) is 15.8 Å². The number of ether oxygens (including phenoxy) is 1. The van der Waals surface area contributed by atoms with Crippen LogP contribution in [-0.4, -0.2) is 53.2 Å². The Hall–Kier alpha value is -2.97. The number of carboxylic acid groups (broad SMARTS) is 1. The van der Waals surface area contributed by atoms with Crippen LogP contribution in [0.25, 0.3) is 10.7 Å². The van der Waals surface area contributed by atoms with Gasteiger partial charge in [-0.25, -0.2) is 9.97 Å². The summed E-state index contributed by atoms with van der Waals surface area (Å²) in [6.45, 7) is 5.56. The standard InChI is InChI=1S/C23H28N4O3S/c1-5-18-15(2)24-23(19-10-11-21(31-19)30-13-12-27(3)4)26-22(18)25-17-8-6-16(7-9-17)14-20(28)29/h6-11H,5,12-14H2,1-4H3,(H,28,29)(H,24,25,26). The van der Waals surface area contributed by atoms with Crippen molar-refractivity contribution in [3.05, 3.63) is 53.2 Å². The average Bonchev–Trinajstić information content (AvgIpc) is 3.17. The molecule has 1 aromatic carbocycles. The number of likely N-dealkylation sites (N-methyl/N-ethyl adjacent to an activating group) is 1. The molecule has 0 aliphatic rings. The molecule has 0 fully saturated rings. The highest BCUT2D eigenvalue weighted by atomic mass is 32.1. The summed E-state index contributed by atoms with van der Waals surface area (Å²) in [5, 5.41) is 13.2. The number of thiophene rings is 1. The van der Waals surface area contributed by atoms with Gasteiger partial charge in [0.2, 0.25) is 0 Å². The molecule has 3 rings (SSSR count). The minimum absolute atomic E-state index is 0.00851. The molecule has 7 nitrogen and oxygen atoms in total. The number of hydrogen-bond acceptors (Lipinski definition) is 7. The second-order valence-electron chi connectivity index (χ2n) is 7.48. The fourth-order valence-corrected chi connectivity index (χ4v) is 3.91. The van der Waals surface area contributed by atoms with Crippen LogP contribution < -0.4 is 10.1 Å². The number of nitrogens with one attached hydrogen (secondary N) is 1. The molecule has 31 heavy (non-hydrogen) atoms. The number of benzene rings is 1. The Morgan fingerprint density at radius 3 is 2.55 bits per heavy atom. The summed E-state index contributed by atoms with van der Waals surface area (Å²) in [7, 11) is 4.03. The number of anilines is 2. The molecular weight excluding hydrogens is 412 g/mol. The van der Waals surface area contributed by atoms with Gasteiger partial charge in [0.05, 0.1) is 11.3 Å². The molecule has 2 N–H and O–H groups in total. The van der Waals surface area contributed by atoms with Gasteiger partial charge in [0, 0.05) is 23.5 Å². The molecule has 164 valence electrons. The van der Waals surface area contributed by atoms with Crippen LogP contribution in [0.1, 0.15) is 23.7 Å². The van der Waals surface area contributed by atoms with E-state index < -0.39 is 5.97 Å². The van der Waals surface area contributed by atoms with Gasteiger partial charge in [0.1, 0.15) is 12.4 Å². The molecule has 0 aliphatic heterocycles. The number of aromatic nitrogens is 2. The minimum Gasteiger partial charge on any atom is -0.483 e. The summed E-state index contributed by atoms with van der Waals surface area (Å²) in [6, 6.07) is 11.3. The van der Waals surface area contributed by atoms with Crippen LogP contribution in [0.2, 0.25) is 0 Å².